The molecule has 0 radical (unpaired) electrons. The van der Waals surface area contributed by atoms with Gasteiger partial charge in [0.25, 0.3) is 0 Å². The average molecular weight is 288 g/mol. The lowest BCUT2D eigenvalue weighted by molar-refractivity contribution is 0.411. The molecule has 0 unspecified atom stereocenters. The van der Waals surface area contributed by atoms with Crippen LogP contribution < -0.4 is 10.5 Å². The van der Waals surface area contributed by atoms with Crippen molar-refractivity contribution >= 4 is 11.8 Å². The second-order valence-electron chi connectivity index (χ2n) is 4.02. The number of benzene rings is 1. The van der Waals surface area contributed by atoms with E-state index < -0.39 is 0 Å². The average Bonchev–Trinajstić information content (AvgIpc) is 2.88. The maximum absolute atomic E-state index is 5.39. The minimum atomic E-state index is 0.354. The summed E-state index contributed by atoms with van der Waals surface area (Å²) in [5.74, 6) is 8.23. The number of thioether (sulfide) groups is 1. The summed E-state index contributed by atoms with van der Waals surface area (Å²) < 4.78 is 5.36. The molecule has 0 saturated carbocycles. The summed E-state index contributed by atoms with van der Waals surface area (Å²) in [6.45, 7) is 2.23. The van der Waals surface area contributed by atoms with Crippen molar-refractivity contribution in [3.05, 3.63) is 35.2 Å². The summed E-state index contributed by atoms with van der Waals surface area (Å²) in [4.78, 5) is 4.26. The maximum Gasteiger partial charge on any atom is 0.208 e. The molecule has 0 aliphatic heterocycles. The standard InChI is InChI=1S/C14H16N4OS/c1-10-16-14(18-17-10)20-9-12-8-11(4-3-7-15)5-6-13(12)19-2/h5-6,8H,7,9,15H2,1-2H3,(H,16,17,18). The molecule has 0 bridgehead atoms. The minimum Gasteiger partial charge on any atom is -0.496 e. The summed E-state index contributed by atoms with van der Waals surface area (Å²) in [6, 6.07) is 5.85. The normalized spacial score (nSPS) is 9.95. The lowest BCUT2D eigenvalue weighted by atomic mass is 10.1. The van der Waals surface area contributed by atoms with Crippen LogP contribution in [0.3, 0.4) is 0 Å². The quantitative estimate of drug-likeness (QED) is 0.662. The van der Waals surface area contributed by atoms with Crippen molar-refractivity contribution in [3.63, 3.8) is 0 Å². The molecular formula is C14H16N4OS. The van der Waals surface area contributed by atoms with E-state index in [1.807, 2.05) is 25.1 Å². The highest BCUT2D eigenvalue weighted by Crippen LogP contribution is 2.27. The van der Waals surface area contributed by atoms with E-state index in [4.69, 9.17) is 10.5 Å². The van der Waals surface area contributed by atoms with Gasteiger partial charge in [-0.05, 0) is 25.1 Å². The highest BCUT2D eigenvalue weighted by Gasteiger charge is 2.07. The number of hydrogen-bond acceptors (Lipinski definition) is 5. The van der Waals surface area contributed by atoms with Crippen molar-refractivity contribution in [3.8, 4) is 17.6 Å². The van der Waals surface area contributed by atoms with E-state index in [1.54, 1.807) is 18.9 Å². The summed E-state index contributed by atoms with van der Waals surface area (Å²) >= 11 is 1.55. The van der Waals surface area contributed by atoms with Crippen LogP contribution >= 0.6 is 11.8 Å². The molecule has 5 nitrogen and oxygen atoms in total. The zero-order chi connectivity index (χ0) is 14.4. The number of aromatic nitrogens is 3. The van der Waals surface area contributed by atoms with E-state index in [0.29, 0.717) is 6.54 Å². The van der Waals surface area contributed by atoms with Crippen molar-refractivity contribution in [1.29, 1.82) is 0 Å². The second kappa shape index (κ2) is 6.98. The third kappa shape index (κ3) is 3.76. The van der Waals surface area contributed by atoms with Gasteiger partial charge in [0.1, 0.15) is 11.6 Å². The van der Waals surface area contributed by atoms with Crippen LogP contribution in [0, 0.1) is 18.8 Å². The molecule has 1 aromatic heterocycles. The predicted molar refractivity (Wildman–Crippen MR) is 79.6 cm³/mol. The fourth-order valence-electron chi connectivity index (χ4n) is 1.65. The summed E-state index contributed by atoms with van der Waals surface area (Å²) in [5.41, 5.74) is 7.37. The molecule has 3 N–H and O–H groups in total. The Kier molecular flexibility index (Phi) is 5.04. The fraction of sp³-hybridized carbons (Fsp3) is 0.286. The number of nitrogens with zero attached hydrogens (tertiary/aromatic N) is 2. The van der Waals surface area contributed by atoms with Crippen LogP contribution in [0.25, 0.3) is 0 Å². The second-order valence-corrected chi connectivity index (χ2v) is 4.97. The molecular weight excluding hydrogens is 272 g/mol. The lowest BCUT2D eigenvalue weighted by Gasteiger charge is -2.07. The first-order valence-electron chi connectivity index (χ1n) is 6.10. The van der Waals surface area contributed by atoms with E-state index >= 15 is 0 Å². The van der Waals surface area contributed by atoms with Gasteiger partial charge in [-0.25, -0.2) is 4.98 Å². The number of H-pyrrole nitrogens is 1. The van der Waals surface area contributed by atoms with Gasteiger partial charge in [0.2, 0.25) is 5.16 Å². The Balaban J connectivity index is 2.15. The van der Waals surface area contributed by atoms with E-state index in [9.17, 15) is 0 Å². The molecule has 6 heteroatoms. The monoisotopic (exact) mass is 288 g/mol. The van der Waals surface area contributed by atoms with Crippen LogP contribution in [0.5, 0.6) is 5.75 Å². The van der Waals surface area contributed by atoms with Gasteiger partial charge in [0.15, 0.2) is 0 Å². The van der Waals surface area contributed by atoms with Crippen molar-refractivity contribution < 1.29 is 4.74 Å². The van der Waals surface area contributed by atoms with Gasteiger partial charge in [-0.1, -0.05) is 23.6 Å². The van der Waals surface area contributed by atoms with Crippen LogP contribution in [0.2, 0.25) is 0 Å². The SMILES string of the molecule is COc1ccc(C#CCN)cc1CSc1n[nH]c(C)n1. The van der Waals surface area contributed by atoms with E-state index in [0.717, 1.165) is 33.6 Å². The van der Waals surface area contributed by atoms with Crippen LogP contribution in [0.15, 0.2) is 23.4 Å². The Morgan fingerprint density at radius 3 is 2.95 bits per heavy atom. The number of aromatic amines is 1. The molecule has 0 aliphatic rings. The van der Waals surface area contributed by atoms with Gasteiger partial charge >= 0.3 is 0 Å². The first kappa shape index (κ1) is 14.4. The Hall–Kier alpha value is -1.97. The molecule has 20 heavy (non-hydrogen) atoms. The lowest BCUT2D eigenvalue weighted by Crippen LogP contribution is -1.94. The first-order chi connectivity index (χ1) is 9.72. The molecule has 1 heterocycles. The van der Waals surface area contributed by atoms with Crippen molar-refractivity contribution in [2.75, 3.05) is 13.7 Å². The molecule has 0 spiro atoms. The molecule has 104 valence electrons. The largest absolute Gasteiger partial charge is 0.496 e. The number of aryl methyl sites for hydroxylation is 1. The molecule has 2 rings (SSSR count). The highest BCUT2D eigenvalue weighted by atomic mass is 32.2. The van der Waals surface area contributed by atoms with Gasteiger partial charge in [-0.3, -0.25) is 5.10 Å². The third-order valence-corrected chi connectivity index (χ3v) is 3.44. The topological polar surface area (TPSA) is 76.8 Å². The van der Waals surface area contributed by atoms with Gasteiger partial charge in [-0.2, -0.15) is 0 Å². The zero-order valence-electron chi connectivity index (χ0n) is 11.4. The molecule has 0 saturated heterocycles. The van der Waals surface area contributed by atoms with Crippen LogP contribution in [0.4, 0.5) is 0 Å². The van der Waals surface area contributed by atoms with Gasteiger partial charge in [0.05, 0.1) is 13.7 Å². The minimum absolute atomic E-state index is 0.354. The Labute approximate surface area is 122 Å². The Bertz CT molecular complexity index is 642. The van der Waals surface area contributed by atoms with Gasteiger partial charge in [0, 0.05) is 16.9 Å². The van der Waals surface area contributed by atoms with E-state index in [1.165, 1.54) is 0 Å². The number of ether oxygens (including phenoxy) is 1. The molecule has 1 aromatic carbocycles. The summed E-state index contributed by atoms with van der Waals surface area (Å²) in [5, 5.41) is 7.65. The number of rotatable bonds is 4. The smallest absolute Gasteiger partial charge is 0.208 e. The molecule has 0 atom stereocenters. The number of nitrogens with one attached hydrogen (secondary N) is 1. The fourth-order valence-corrected chi connectivity index (χ4v) is 2.47. The maximum atomic E-state index is 5.39. The molecule has 2 aromatic rings. The van der Waals surface area contributed by atoms with Crippen molar-refractivity contribution in [2.24, 2.45) is 5.73 Å². The van der Waals surface area contributed by atoms with Crippen LogP contribution in [0.1, 0.15) is 17.0 Å². The third-order valence-electron chi connectivity index (χ3n) is 2.55. The Morgan fingerprint density at radius 2 is 2.30 bits per heavy atom. The number of methoxy groups -OCH3 is 1. The highest BCUT2D eigenvalue weighted by molar-refractivity contribution is 7.98. The van der Waals surface area contributed by atoms with Crippen molar-refractivity contribution in [1.82, 2.24) is 15.2 Å². The summed E-state index contributed by atoms with van der Waals surface area (Å²) in [6.07, 6.45) is 0. The zero-order valence-corrected chi connectivity index (χ0v) is 12.3. The Morgan fingerprint density at radius 1 is 1.45 bits per heavy atom. The van der Waals surface area contributed by atoms with E-state index in [2.05, 4.69) is 27.0 Å². The summed E-state index contributed by atoms with van der Waals surface area (Å²) in [7, 11) is 1.66. The van der Waals surface area contributed by atoms with E-state index in [-0.39, 0.29) is 0 Å². The first-order valence-corrected chi connectivity index (χ1v) is 7.09. The molecule has 0 amide bonds. The van der Waals surface area contributed by atoms with Crippen LogP contribution in [-0.2, 0) is 5.75 Å². The molecule has 0 fully saturated rings. The number of hydrogen-bond donors (Lipinski definition) is 2. The van der Waals surface area contributed by atoms with Crippen LogP contribution in [-0.4, -0.2) is 28.8 Å². The number of nitrogens with two attached hydrogens (primary N) is 1. The van der Waals surface area contributed by atoms with Crippen molar-refractivity contribution in [2.45, 2.75) is 17.8 Å². The van der Waals surface area contributed by atoms with Gasteiger partial charge in [-0.15, -0.1) is 5.10 Å². The van der Waals surface area contributed by atoms with Gasteiger partial charge < -0.3 is 10.5 Å². The predicted octanol–water partition coefficient (Wildman–Crippen LogP) is 1.72. The molecule has 0 aliphatic carbocycles.